The quantitative estimate of drug-likeness (QED) is 0.514. The molecule has 0 amide bonds. The van der Waals surface area contributed by atoms with Gasteiger partial charge in [-0.2, -0.15) is 0 Å². The summed E-state index contributed by atoms with van der Waals surface area (Å²) < 4.78 is 0. The normalized spacial score (nSPS) is 19.3. The lowest BCUT2D eigenvalue weighted by Crippen LogP contribution is -2.34. The molecule has 0 radical (unpaired) electrons. The third-order valence-corrected chi connectivity index (χ3v) is 4.82. The molecule has 0 aromatic heterocycles. The zero-order valence-electron chi connectivity index (χ0n) is 15.1. The second-order valence-corrected chi connectivity index (χ2v) is 7.95. The van der Waals surface area contributed by atoms with Crippen molar-refractivity contribution in [2.75, 3.05) is 19.6 Å². The van der Waals surface area contributed by atoms with Gasteiger partial charge in [0.1, 0.15) is 0 Å². The van der Waals surface area contributed by atoms with Gasteiger partial charge in [0.05, 0.1) is 0 Å². The SMILES string of the molecule is CC(C)CCC(CCCNC[C@@H]1CCCN1)CCC(C)C. The maximum atomic E-state index is 3.65. The maximum Gasteiger partial charge on any atom is 0.0192 e. The van der Waals surface area contributed by atoms with E-state index in [1.54, 1.807) is 0 Å². The Morgan fingerprint density at radius 2 is 1.62 bits per heavy atom. The Bertz CT molecular complexity index is 220. The molecule has 0 aliphatic carbocycles. The molecule has 1 heterocycles. The highest BCUT2D eigenvalue weighted by Gasteiger charge is 2.13. The zero-order chi connectivity index (χ0) is 15.5. The molecular weight excluding hydrogens is 256 g/mol. The smallest absolute Gasteiger partial charge is 0.0192 e. The van der Waals surface area contributed by atoms with Gasteiger partial charge in [0.25, 0.3) is 0 Å². The minimum absolute atomic E-state index is 0.739. The van der Waals surface area contributed by atoms with Crippen molar-refractivity contribution >= 4 is 0 Å². The molecule has 1 rings (SSSR count). The summed E-state index contributed by atoms with van der Waals surface area (Å²) in [5, 5.41) is 7.21. The van der Waals surface area contributed by atoms with Gasteiger partial charge in [-0.25, -0.2) is 0 Å². The van der Waals surface area contributed by atoms with E-state index in [9.17, 15) is 0 Å². The van der Waals surface area contributed by atoms with Gasteiger partial charge < -0.3 is 10.6 Å². The van der Waals surface area contributed by atoms with Gasteiger partial charge in [0, 0.05) is 12.6 Å². The summed E-state index contributed by atoms with van der Waals surface area (Å²) >= 11 is 0. The Labute approximate surface area is 133 Å². The van der Waals surface area contributed by atoms with Gasteiger partial charge in [-0.1, -0.05) is 53.4 Å². The third-order valence-electron chi connectivity index (χ3n) is 4.82. The van der Waals surface area contributed by atoms with Crippen molar-refractivity contribution in [2.24, 2.45) is 17.8 Å². The highest BCUT2D eigenvalue weighted by atomic mass is 15.0. The Hall–Kier alpha value is -0.0800. The van der Waals surface area contributed by atoms with E-state index < -0.39 is 0 Å². The molecule has 1 aliphatic rings. The van der Waals surface area contributed by atoms with E-state index in [-0.39, 0.29) is 0 Å². The molecule has 1 aliphatic heterocycles. The molecule has 0 spiro atoms. The topological polar surface area (TPSA) is 24.1 Å². The average Bonchev–Trinajstić information content (AvgIpc) is 2.93. The lowest BCUT2D eigenvalue weighted by molar-refractivity contribution is 0.341. The summed E-state index contributed by atoms with van der Waals surface area (Å²) in [5.74, 6) is 2.68. The fourth-order valence-electron chi connectivity index (χ4n) is 3.29. The molecule has 2 nitrogen and oxygen atoms in total. The van der Waals surface area contributed by atoms with E-state index in [2.05, 4.69) is 38.3 Å². The van der Waals surface area contributed by atoms with Crippen molar-refractivity contribution in [2.45, 2.75) is 85.1 Å². The summed E-state index contributed by atoms with van der Waals surface area (Å²) in [4.78, 5) is 0. The standard InChI is InChI=1S/C19H40N2/c1-16(2)9-11-18(12-10-17(3)4)7-5-13-20-15-19-8-6-14-21-19/h16-21H,5-15H2,1-4H3/t19-/m0/s1. The van der Waals surface area contributed by atoms with E-state index in [0.717, 1.165) is 23.8 Å². The van der Waals surface area contributed by atoms with Crippen molar-refractivity contribution in [3.05, 3.63) is 0 Å². The number of nitrogens with one attached hydrogen (secondary N) is 2. The predicted molar refractivity (Wildman–Crippen MR) is 94.8 cm³/mol. The van der Waals surface area contributed by atoms with Gasteiger partial charge in [-0.05, 0) is 56.5 Å². The Kier molecular flexibility index (Phi) is 10.4. The van der Waals surface area contributed by atoms with Gasteiger partial charge in [0.2, 0.25) is 0 Å². The van der Waals surface area contributed by atoms with Crippen LogP contribution in [-0.4, -0.2) is 25.7 Å². The Balaban J connectivity index is 2.08. The second-order valence-electron chi connectivity index (χ2n) is 7.95. The zero-order valence-corrected chi connectivity index (χ0v) is 15.1. The van der Waals surface area contributed by atoms with Crippen molar-refractivity contribution in [3.8, 4) is 0 Å². The summed E-state index contributed by atoms with van der Waals surface area (Å²) in [6.07, 6.45) is 11.2. The number of hydrogen-bond acceptors (Lipinski definition) is 2. The van der Waals surface area contributed by atoms with Crippen LogP contribution in [0.5, 0.6) is 0 Å². The first-order chi connectivity index (χ1) is 10.1. The largest absolute Gasteiger partial charge is 0.315 e. The molecule has 126 valence electrons. The molecule has 0 unspecified atom stereocenters. The Morgan fingerprint density at radius 1 is 0.952 bits per heavy atom. The van der Waals surface area contributed by atoms with Crippen LogP contribution in [0.2, 0.25) is 0 Å². The highest BCUT2D eigenvalue weighted by molar-refractivity contribution is 4.76. The maximum absolute atomic E-state index is 3.65. The first-order valence-corrected chi connectivity index (χ1v) is 9.52. The predicted octanol–water partition coefficient (Wildman–Crippen LogP) is 4.60. The Morgan fingerprint density at radius 3 is 2.14 bits per heavy atom. The van der Waals surface area contributed by atoms with Gasteiger partial charge in [0.15, 0.2) is 0 Å². The summed E-state index contributed by atoms with van der Waals surface area (Å²) in [6, 6.07) is 0.739. The lowest BCUT2D eigenvalue weighted by Gasteiger charge is -2.19. The van der Waals surface area contributed by atoms with Crippen LogP contribution in [0, 0.1) is 17.8 Å². The molecule has 21 heavy (non-hydrogen) atoms. The minimum Gasteiger partial charge on any atom is -0.315 e. The number of rotatable bonds is 12. The van der Waals surface area contributed by atoms with E-state index in [4.69, 9.17) is 0 Å². The van der Waals surface area contributed by atoms with E-state index >= 15 is 0 Å². The fourth-order valence-corrected chi connectivity index (χ4v) is 3.29. The monoisotopic (exact) mass is 296 g/mol. The van der Waals surface area contributed by atoms with Crippen LogP contribution in [0.4, 0.5) is 0 Å². The van der Waals surface area contributed by atoms with Crippen molar-refractivity contribution < 1.29 is 0 Å². The van der Waals surface area contributed by atoms with Crippen molar-refractivity contribution in [1.82, 2.24) is 10.6 Å². The summed E-state index contributed by atoms with van der Waals surface area (Å²) in [6.45, 7) is 13.0. The molecule has 1 fully saturated rings. The van der Waals surface area contributed by atoms with Crippen LogP contribution in [-0.2, 0) is 0 Å². The second kappa shape index (κ2) is 11.5. The minimum atomic E-state index is 0.739. The average molecular weight is 297 g/mol. The first kappa shape index (κ1) is 19.0. The fraction of sp³-hybridized carbons (Fsp3) is 1.00. The molecule has 1 saturated heterocycles. The molecule has 2 heteroatoms. The van der Waals surface area contributed by atoms with Crippen molar-refractivity contribution in [3.63, 3.8) is 0 Å². The third kappa shape index (κ3) is 10.3. The molecule has 0 aromatic carbocycles. The molecule has 0 bridgehead atoms. The van der Waals surface area contributed by atoms with Gasteiger partial charge >= 0.3 is 0 Å². The van der Waals surface area contributed by atoms with E-state index in [1.165, 1.54) is 71.0 Å². The number of hydrogen-bond donors (Lipinski definition) is 2. The molecule has 2 N–H and O–H groups in total. The summed E-state index contributed by atoms with van der Waals surface area (Å²) in [7, 11) is 0. The van der Waals surface area contributed by atoms with Gasteiger partial charge in [-0.3, -0.25) is 0 Å². The molecule has 1 atom stereocenters. The van der Waals surface area contributed by atoms with Crippen LogP contribution in [0.25, 0.3) is 0 Å². The molecule has 0 saturated carbocycles. The van der Waals surface area contributed by atoms with Crippen molar-refractivity contribution in [1.29, 1.82) is 0 Å². The highest BCUT2D eigenvalue weighted by Crippen LogP contribution is 2.23. The van der Waals surface area contributed by atoms with Crippen LogP contribution in [0.1, 0.15) is 79.1 Å². The van der Waals surface area contributed by atoms with Crippen LogP contribution >= 0.6 is 0 Å². The molecule has 0 aromatic rings. The van der Waals surface area contributed by atoms with Crippen LogP contribution in [0.15, 0.2) is 0 Å². The van der Waals surface area contributed by atoms with Gasteiger partial charge in [-0.15, -0.1) is 0 Å². The first-order valence-electron chi connectivity index (χ1n) is 9.52. The summed E-state index contributed by atoms with van der Waals surface area (Å²) in [5.41, 5.74) is 0. The van der Waals surface area contributed by atoms with Crippen LogP contribution in [0.3, 0.4) is 0 Å². The van der Waals surface area contributed by atoms with Crippen LogP contribution < -0.4 is 10.6 Å². The van der Waals surface area contributed by atoms with E-state index in [0.29, 0.717) is 0 Å². The molecular formula is C19H40N2. The van der Waals surface area contributed by atoms with E-state index in [1.807, 2.05) is 0 Å². The lowest BCUT2D eigenvalue weighted by atomic mass is 9.88.